The van der Waals surface area contributed by atoms with Crippen LogP contribution < -0.4 is 10.2 Å². The molecule has 5 rings (SSSR count). The van der Waals surface area contributed by atoms with Crippen molar-refractivity contribution in [2.24, 2.45) is 0 Å². The van der Waals surface area contributed by atoms with Crippen molar-refractivity contribution in [3.63, 3.8) is 0 Å². The van der Waals surface area contributed by atoms with Gasteiger partial charge in [0.05, 0.1) is 6.20 Å². The number of hydrogen-bond donors (Lipinski definition) is 2. The molecule has 0 spiro atoms. The molecule has 3 aromatic carbocycles. The topological polar surface area (TPSA) is 61.0 Å². The minimum Gasteiger partial charge on any atom is -0.367 e. The molecule has 1 aromatic heterocycles. The molecule has 0 aliphatic carbocycles. The van der Waals surface area contributed by atoms with Crippen molar-refractivity contribution in [2.75, 3.05) is 16.8 Å². The van der Waals surface area contributed by atoms with Gasteiger partial charge in [0.2, 0.25) is 0 Å². The lowest BCUT2D eigenvalue weighted by Crippen LogP contribution is -2.28. The molecule has 31 heavy (non-hydrogen) atoms. The lowest BCUT2D eigenvalue weighted by atomic mass is 9.97. The number of anilines is 2. The molecule has 5 nitrogen and oxygen atoms in total. The molecule has 154 valence electrons. The van der Waals surface area contributed by atoms with Gasteiger partial charge in [-0.2, -0.15) is 5.10 Å². The predicted octanol–water partition coefficient (Wildman–Crippen LogP) is 5.28. The van der Waals surface area contributed by atoms with E-state index in [0.29, 0.717) is 5.56 Å². The Hall–Kier alpha value is -3.86. The third-order valence-electron chi connectivity index (χ3n) is 5.75. The third-order valence-corrected chi connectivity index (χ3v) is 5.75. The molecular formula is C26H24N4O. The van der Waals surface area contributed by atoms with Crippen molar-refractivity contribution in [3.8, 4) is 11.1 Å². The molecule has 1 aliphatic heterocycles. The van der Waals surface area contributed by atoms with Gasteiger partial charge in [0.1, 0.15) is 0 Å². The molecule has 4 aromatic rings. The van der Waals surface area contributed by atoms with Gasteiger partial charge in [-0.25, -0.2) is 0 Å². The standard InChI is InChI=1S/C26H24N4O/c31-26(29-24-6-2-1-3-7-24)20-10-8-19(9-11-20)18-30-14-4-5-22-15-21(12-13-25(22)30)23-16-27-28-17-23/h1-3,6-13,15-17H,4-5,14,18H2,(H,27,28)(H,29,31). The van der Waals surface area contributed by atoms with Crippen molar-refractivity contribution >= 4 is 17.3 Å². The first kappa shape index (κ1) is 19.1. The Morgan fingerprint density at radius 1 is 1.00 bits per heavy atom. The summed E-state index contributed by atoms with van der Waals surface area (Å²) < 4.78 is 0. The summed E-state index contributed by atoms with van der Waals surface area (Å²) in [6, 6.07) is 24.1. The quantitative estimate of drug-likeness (QED) is 0.472. The lowest BCUT2D eigenvalue weighted by Gasteiger charge is -2.32. The van der Waals surface area contributed by atoms with Crippen LogP contribution in [0, 0.1) is 0 Å². The molecule has 1 aliphatic rings. The van der Waals surface area contributed by atoms with Crippen molar-refractivity contribution < 1.29 is 4.79 Å². The van der Waals surface area contributed by atoms with E-state index in [1.54, 1.807) is 0 Å². The molecule has 0 bridgehead atoms. The smallest absolute Gasteiger partial charge is 0.255 e. The Balaban J connectivity index is 1.29. The Morgan fingerprint density at radius 3 is 2.61 bits per heavy atom. The summed E-state index contributed by atoms with van der Waals surface area (Å²) in [5, 5.41) is 9.88. The van der Waals surface area contributed by atoms with Gasteiger partial charge in [0.15, 0.2) is 0 Å². The van der Waals surface area contributed by atoms with E-state index in [1.165, 1.54) is 22.4 Å². The first-order valence-electron chi connectivity index (χ1n) is 10.6. The fourth-order valence-corrected chi connectivity index (χ4v) is 4.13. The average molecular weight is 409 g/mol. The summed E-state index contributed by atoms with van der Waals surface area (Å²) in [6.07, 6.45) is 6.02. The molecule has 0 radical (unpaired) electrons. The molecule has 1 amide bonds. The zero-order chi connectivity index (χ0) is 21.0. The van der Waals surface area contributed by atoms with Crippen molar-refractivity contribution in [1.82, 2.24) is 10.2 Å². The molecular weight excluding hydrogens is 384 g/mol. The molecule has 0 atom stereocenters. The molecule has 0 unspecified atom stereocenters. The fourth-order valence-electron chi connectivity index (χ4n) is 4.13. The number of carbonyl (C=O) groups is 1. The molecule has 0 saturated heterocycles. The Kier molecular flexibility index (Phi) is 5.23. The van der Waals surface area contributed by atoms with E-state index in [4.69, 9.17) is 0 Å². The van der Waals surface area contributed by atoms with Gasteiger partial charge in [-0.1, -0.05) is 36.4 Å². The van der Waals surface area contributed by atoms with Crippen LogP contribution in [0.15, 0.2) is 85.2 Å². The molecule has 2 heterocycles. The van der Waals surface area contributed by atoms with E-state index >= 15 is 0 Å². The average Bonchev–Trinajstić information content (AvgIpc) is 3.35. The maximum Gasteiger partial charge on any atom is 0.255 e. The summed E-state index contributed by atoms with van der Waals surface area (Å²) in [4.78, 5) is 14.9. The first-order chi connectivity index (χ1) is 15.3. The van der Waals surface area contributed by atoms with Gasteiger partial charge in [0.25, 0.3) is 5.91 Å². The number of hydrogen-bond acceptors (Lipinski definition) is 3. The van der Waals surface area contributed by atoms with E-state index in [2.05, 4.69) is 38.6 Å². The van der Waals surface area contributed by atoms with Gasteiger partial charge in [-0.05, 0) is 65.9 Å². The van der Waals surface area contributed by atoms with Crippen LogP contribution in [0.1, 0.15) is 27.9 Å². The molecule has 2 N–H and O–H groups in total. The van der Waals surface area contributed by atoms with E-state index in [9.17, 15) is 4.79 Å². The van der Waals surface area contributed by atoms with Crippen LogP contribution in [0.5, 0.6) is 0 Å². The SMILES string of the molecule is O=C(Nc1ccccc1)c1ccc(CN2CCCc3cc(-c4cn[nH]c4)ccc32)cc1. The normalized spacial score (nSPS) is 13.0. The highest BCUT2D eigenvalue weighted by molar-refractivity contribution is 6.04. The molecule has 5 heteroatoms. The number of aromatic nitrogens is 2. The Labute approximate surface area is 181 Å². The number of rotatable bonds is 5. The first-order valence-corrected chi connectivity index (χ1v) is 10.6. The van der Waals surface area contributed by atoms with Crippen molar-refractivity contribution in [2.45, 2.75) is 19.4 Å². The highest BCUT2D eigenvalue weighted by Crippen LogP contribution is 2.32. The van der Waals surface area contributed by atoms with Crippen LogP contribution in [-0.4, -0.2) is 22.6 Å². The zero-order valence-electron chi connectivity index (χ0n) is 17.2. The number of nitrogens with one attached hydrogen (secondary N) is 2. The van der Waals surface area contributed by atoms with Gasteiger partial charge in [-0.3, -0.25) is 9.89 Å². The van der Waals surface area contributed by atoms with E-state index < -0.39 is 0 Å². The lowest BCUT2D eigenvalue weighted by molar-refractivity contribution is 0.102. The highest BCUT2D eigenvalue weighted by atomic mass is 16.1. The van der Waals surface area contributed by atoms with E-state index in [-0.39, 0.29) is 5.91 Å². The van der Waals surface area contributed by atoms with Crippen LogP contribution in [0.4, 0.5) is 11.4 Å². The van der Waals surface area contributed by atoms with Gasteiger partial charge < -0.3 is 10.2 Å². The third kappa shape index (κ3) is 4.21. The highest BCUT2D eigenvalue weighted by Gasteiger charge is 2.18. The number of nitrogens with zero attached hydrogens (tertiary/aromatic N) is 2. The van der Waals surface area contributed by atoms with E-state index in [1.807, 2.05) is 67.0 Å². The number of benzene rings is 3. The van der Waals surface area contributed by atoms with E-state index in [0.717, 1.165) is 37.2 Å². The summed E-state index contributed by atoms with van der Waals surface area (Å²) >= 11 is 0. The van der Waals surface area contributed by atoms with Crippen molar-refractivity contribution in [3.05, 3.63) is 102 Å². The second kappa shape index (κ2) is 8.48. The van der Waals surface area contributed by atoms with Crippen LogP contribution in [-0.2, 0) is 13.0 Å². The number of fused-ring (bicyclic) bond motifs is 1. The Morgan fingerprint density at radius 2 is 1.84 bits per heavy atom. The summed E-state index contributed by atoms with van der Waals surface area (Å²) in [6.45, 7) is 1.87. The zero-order valence-corrected chi connectivity index (χ0v) is 17.2. The number of carbonyl (C=O) groups excluding carboxylic acids is 1. The number of amides is 1. The van der Waals surface area contributed by atoms with Crippen molar-refractivity contribution in [1.29, 1.82) is 0 Å². The van der Waals surface area contributed by atoms with Crippen LogP contribution in [0.3, 0.4) is 0 Å². The fraction of sp³-hybridized carbons (Fsp3) is 0.154. The number of aromatic amines is 1. The van der Waals surface area contributed by atoms with Crippen LogP contribution >= 0.6 is 0 Å². The van der Waals surface area contributed by atoms with Gasteiger partial charge in [-0.15, -0.1) is 0 Å². The largest absolute Gasteiger partial charge is 0.367 e. The van der Waals surface area contributed by atoms with Crippen LogP contribution in [0.2, 0.25) is 0 Å². The second-order valence-corrected chi connectivity index (χ2v) is 7.87. The van der Waals surface area contributed by atoms with Crippen LogP contribution in [0.25, 0.3) is 11.1 Å². The molecule has 0 fully saturated rings. The summed E-state index contributed by atoms with van der Waals surface area (Å²) in [5.74, 6) is -0.0900. The monoisotopic (exact) mass is 408 g/mol. The second-order valence-electron chi connectivity index (χ2n) is 7.87. The number of aryl methyl sites for hydroxylation is 1. The number of H-pyrrole nitrogens is 1. The maximum atomic E-state index is 12.5. The number of para-hydroxylation sites is 1. The Bertz CT molecular complexity index is 1170. The summed E-state index contributed by atoms with van der Waals surface area (Å²) in [5.41, 5.74) is 7.65. The minimum atomic E-state index is -0.0900. The predicted molar refractivity (Wildman–Crippen MR) is 124 cm³/mol. The summed E-state index contributed by atoms with van der Waals surface area (Å²) in [7, 11) is 0. The minimum absolute atomic E-state index is 0.0900. The maximum absolute atomic E-state index is 12.5. The molecule has 0 saturated carbocycles. The van der Waals surface area contributed by atoms with Gasteiger partial charge in [0, 0.05) is 41.8 Å². The van der Waals surface area contributed by atoms with Gasteiger partial charge >= 0.3 is 0 Å².